The minimum Gasteiger partial charge on any atom is -0.353 e. The van der Waals surface area contributed by atoms with Gasteiger partial charge >= 0.3 is 0 Å². The van der Waals surface area contributed by atoms with Gasteiger partial charge in [0, 0.05) is 30.7 Å². The van der Waals surface area contributed by atoms with E-state index in [4.69, 9.17) is 0 Å². The number of pyridine rings is 1. The highest BCUT2D eigenvalue weighted by atomic mass is 32.2. The molecule has 1 saturated carbocycles. The summed E-state index contributed by atoms with van der Waals surface area (Å²) in [5.74, 6) is -0.327. The van der Waals surface area contributed by atoms with Crippen LogP contribution in [0.15, 0.2) is 40.0 Å². The Morgan fingerprint density at radius 2 is 1.77 bits per heavy atom. The van der Waals surface area contributed by atoms with E-state index >= 15 is 0 Å². The molecule has 1 amide bonds. The minimum atomic E-state index is -3.71. The Bertz CT molecular complexity index is 1070. The quantitative estimate of drug-likeness (QED) is 0.727. The average Bonchev–Trinajstić information content (AvgIpc) is 3.02. The van der Waals surface area contributed by atoms with E-state index in [-0.39, 0.29) is 34.9 Å². The number of H-pyrrole nitrogens is 1. The van der Waals surface area contributed by atoms with Gasteiger partial charge in [-0.15, -0.1) is 0 Å². The molecule has 2 fully saturated rings. The summed E-state index contributed by atoms with van der Waals surface area (Å²) in [6.07, 6.45) is 8.14. The van der Waals surface area contributed by atoms with Gasteiger partial charge in [0.2, 0.25) is 21.5 Å². The van der Waals surface area contributed by atoms with Gasteiger partial charge in [-0.2, -0.15) is 4.31 Å². The molecule has 2 heterocycles. The van der Waals surface area contributed by atoms with Crippen molar-refractivity contribution in [2.75, 3.05) is 13.1 Å². The smallest absolute Gasteiger partial charge is 0.248 e. The highest BCUT2D eigenvalue weighted by molar-refractivity contribution is 7.89. The van der Waals surface area contributed by atoms with Gasteiger partial charge in [-0.1, -0.05) is 25.7 Å². The molecule has 2 aliphatic rings. The van der Waals surface area contributed by atoms with Crippen LogP contribution >= 0.6 is 0 Å². The Morgan fingerprint density at radius 3 is 2.53 bits per heavy atom. The first-order valence-electron chi connectivity index (χ1n) is 10.9. The van der Waals surface area contributed by atoms with Crippen LogP contribution in [0.2, 0.25) is 0 Å². The number of fused-ring (bicyclic) bond motifs is 1. The number of hydrogen-bond donors (Lipinski definition) is 2. The molecule has 0 spiro atoms. The number of nitrogens with zero attached hydrogens (tertiary/aromatic N) is 1. The Morgan fingerprint density at radius 1 is 1.00 bits per heavy atom. The van der Waals surface area contributed by atoms with Gasteiger partial charge in [-0.3, -0.25) is 9.59 Å². The van der Waals surface area contributed by atoms with Crippen molar-refractivity contribution < 1.29 is 13.2 Å². The summed E-state index contributed by atoms with van der Waals surface area (Å²) in [6.45, 7) is 0.629. The first-order valence-corrected chi connectivity index (χ1v) is 12.3. The fraction of sp³-hybridized carbons (Fsp3) is 0.545. The standard InChI is InChI=1S/C22H29N3O4S/c26-21-12-9-16-14-19(10-11-20(16)24-21)30(28,29)25-13-5-6-17(15-25)22(27)23-18-7-3-1-2-4-8-18/h9-12,14,17-18H,1-8,13,15H2,(H,23,27)(H,24,26)/t17-/m0/s1. The number of sulfonamides is 1. The third kappa shape index (κ3) is 4.59. The zero-order chi connectivity index (χ0) is 21.1. The number of amides is 1. The predicted molar refractivity (Wildman–Crippen MR) is 116 cm³/mol. The van der Waals surface area contributed by atoms with Gasteiger partial charge in [0.15, 0.2) is 0 Å². The molecule has 7 nitrogen and oxygen atoms in total. The molecule has 0 radical (unpaired) electrons. The van der Waals surface area contributed by atoms with Crippen molar-refractivity contribution in [1.82, 2.24) is 14.6 Å². The second-order valence-electron chi connectivity index (χ2n) is 8.47. The maximum absolute atomic E-state index is 13.2. The molecule has 1 aliphatic carbocycles. The van der Waals surface area contributed by atoms with Crippen LogP contribution in [-0.2, 0) is 14.8 Å². The summed E-state index contributed by atoms with van der Waals surface area (Å²) >= 11 is 0. The van der Waals surface area contributed by atoms with E-state index in [1.54, 1.807) is 18.2 Å². The Balaban J connectivity index is 1.48. The van der Waals surface area contributed by atoms with Crippen LogP contribution in [0.25, 0.3) is 10.9 Å². The molecule has 162 valence electrons. The molecule has 1 aromatic heterocycles. The van der Waals surface area contributed by atoms with Gasteiger partial charge in [0.25, 0.3) is 0 Å². The molecule has 1 atom stereocenters. The van der Waals surface area contributed by atoms with Gasteiger partial charge < -0.3 is 10.3 Å². The fourth-order valence-corrected chi connectivity index (χ4v) is 6.12. The second-order valence-corrected chi connectivity index (χ2v) is 10.4. The minimum absolute atomic E-state index is 0.0158. The largest absolute Gasteiger partial charge is 0.353 e. The number of carbonyl (C=O) groups is 1. The molecule has 1 aliphatic heterocycles. The van der Waals surface area contributed by atoms with Crippen LogP contribution in [0.1, 0.15) is 51.4 Å². The lowest BCUT2D eigenvalue weighted by atomic mass is 9.97. The number of aromatic nitrogens is 1. The zero-order valence-corrected chi connectivity index (χ0v) is 17.9. The van der Waals surface area contributed by atoms with E-state index in [0.717, 1.165) is 25.7 Å². The third-order valence-corrected chi connectivity index (χ3v) is 8.15. The van der Waals surface area contributed by atoms with Gasteiger partial charge in [0.1, 0.15) is 0 Å². The number of carbonyl (C=O) groups excluding carboxylic acids is 1. The monoisotopic (exact) mass is 431 g/mol. The molecule has 4 rings (SSSR count). The van der Waals surface area contributed by atoms with Gasteiger partial charge in [-0.05, 0) is 55.3 Å². The van der Waals surface area contributed by atoms with Crippen LogP contribution in [0.3, 0.4) is 0 Å². The number of piperidine rings is 1. The summed E-state index contributed by atoms with van der Waals surface area (Å²) in [5, 5.41) is 3.84. The molecule has 2 aromatic rings. The Labute approximate surface area is 176 Å². The van der Waals surface area contributed by atoms with E-state index in [0.29, 0.717) is 30.3 Å². The topological polar surface area (TPSA) is 99.3 Å². The number of hydrogen-bond acceptors (Lipinski definition) is 4. The van der Waals surface area contributed by atoms with Crippen molar-refractivity contribution in [2.24, 2.45) is 5.92 Å². The molecule has 1 aromatic carbocycles. The maximum Gasteiger partial charge on any atom is 0.248 e. The van der Waals surface area contributed by atoms with Gasteiger partial charge in [-0.25, -0.2) is 8.42 Å². The third-order valence-electron chi connectivity index (χ3n) is 6.29. The highest BCUT2D eigenvalue weighted by Crippen LogP contribution is 2.26. The lowest BCUT2D eigenvalue weighted by Crippen LogP contribution is -2.47. The molecule has 0 unspecified atom stereocenters. The van der Waals surface area contributed by atoms with E-state index in [1.807, 2.05) is 0 Å². The van der Waals surface area contributed by atoms with E-state index < -0.39 is 10.0 Å². The lowest BCUT2D eigenvalue weighted by Gasteiger charge is -2.32. The summed E-state index contributed by atoms with van der Waals surface area (Å²) < 4.78 is 27.9. The molecular weight excluding hydrogens is 402 g/mol. The number of rotatable bonds is 4. The molecule has 2 N–H and O–H groups in total. The predicted octanol–water partition coefficient (Wildman–Crippen LogP) is 2.77. The van der Waals surface area contributed by atoms with E-state index in [9.17, 15) is 18.0 Å². The molecule has 8 heteroatoms. The first-order chi connectivity index (χ1) is 14.4. The van der Waals surface area contributed by atoms with E-state index in [1.165, 1.54) is 29.3 Å². The van der Waals surface area contributed by atoms with Crippen LogP contribution in [0, 0.1) is 5.92 Å². The van der Waals surface area contributed by atoms with Crippen molar-refractivity contribution in [1.29, 1.82) is 0 Å². The Hall–Kier alpha value is -2.19. The summed E-state index contributed by atoms with van der Waals surface area (Å²) in [5.41, 5.74) is 0.373. The van der Waals surface area contributed by atoms with Crippen molar-refractivity contribution >= 4 is 26.8 Å². The zero-order valence-electron chi connectivity index (χ0n) is 17.1. The number of aromatic amines is 1. The fourth-order valence-electron chi connectivity index (χ4n) is 4.56. The molecular formula is C22H29N3O4S. The number of benzene rings is 1. The molecule has 1 saturated heterocycles. The van der Waals surface area contributed by atoms with Crippen LogP contribution in [0.5, 0.6) is 0 Å². The van der Waals surface area contributed by atoms with E-state index in [2.05, 4.69) is 10.3 Å². The highest BCUT2D eigenvalue weighted by Gasteiger charge is 2.34. The number of nitrogens with one attached hydrogen (secondary N) is 2. The molecule has 30 heavy (non-hydrogen) atoms. The van der Waals surface area contributed by atoms with Crippen LogP contribution < -0.4 is 10.9 Å². The summed E-state index contributed by atoms with van der Waals surface area (Å²) in [4.78, 5) is 27.2. The normalized spacial score (nSPS) is 21.9. The summed E-state index contributed by atoms with van der Waals surface area (Å²) in [7, 11) is -3.71. The maximum atomic E-state index is 13.2. The lowest BCUT2D eigenvalue weighted by molar-refractivity contribution is -0.126. The van der Waals surface area contributed by atoms with Gasteiger partial charge in [0.05, 0.1) is 10.8 Å². The molecule has 0 bridgehead atoms. The summed E-state index contributed by atoms with van der Waals surface area (Å²) in [6, 6.07) is 7.93. The average molecular weight is 432 g/mol. The second kappa shape index (κ2) is 8.89. The van der Waals surface area contributed by atoms with Crippen LogP contribution in [-0.4, -0.2) is 42.7 Å². The first kappa shape index (κ1) is 21.1. The van der Waals surface area contributed by atoms with Crippen molar-refractivity contribution in [3.8, 4) is 0 Å². The van der Waals surface area contributed by atoms with Crippen LogP contribution in [0.4, 0.5) is 0 Å². The van der Waals surface area contributed by atoms with Crippen molar-refractivity contribution in [2.45, 2.75) is 62.3 Å². The Kier molecular flexibility index (Phi) is 6.24. The SMILES string of the molecule is O=C(NC1CCCCCC1)[C@H]1CCCN(S(=O)(=O)c2ccc3[nH]c(=O)ccc3c2)C1. The van der Waals surface area contributed by atoms with Crippen molar-refractivity contribution in [3.05, 3.63) is 40.7 Å². The van der Waals surface area contributed by atoms with Crippen molar-refractivity contribution in [3.63, 3.8) is 0 Å².